The van der Waals surface area contributed by atoms with Gasteiger partial charge in [-0.25, -0.2) is 0 Å². The lowest BCUT2D eigenvalue weighted by Gasteiger charge is -2.32. The molecule has 4 N–H and O–H groups in total. The van der Waals surface area contributed by atoms with Crippen LogP contribution in [0.15, 0.2) is 0 Å². The van der Waals surface area contributed by atoms with Gasteiger partial charge in [-0.05, 0) is 32.4 Å². The zero-order chi connectivity index (χ0) is 14.5. The van der Waals surface area contributed by atoms with E-state index in [0.29, 0.717) is 11.4 Å². The maximum atomic E-state index is 12.3. The van der Waals surface area contributed by atoms with Crippen LogP contribution in [0.2, 0.25) is 0 Å². The molecule has 1 amide bonds. The average molecular weight is 279 g/mol. The molecule has 6 heteroatoms. The monoisotopic (exact) mass is 279 g/mol. The van der Waals surface area contributed by atoms with Crippen molar-refractivity contribution in [2.24, 2.45) is 0 Å². The van der Waals surface area contributed by atoms with Gasteiger partial charge in [-0.2, -0.15) is 5.10 Å². The Bertz CT molecular complexity index is 456. The number of hydrogen-bond donors (Lipinski definition) is 3. The number of aromatic nitrogens is 2. The van der Waals surface area contributed by atoms with Gasteiger partial charge in [0, 0.05) is 12.6 Å². The van der Waals surface area contributed by atoms with Crippen molar-refractivity contribution >= 4 is 11.6 Å². The lowest BCUT2D eigenvalue weighted by atomic mass is 10.1. The SMILES string of the molecule is CCCc1[nH]nc(C(=O)NC2CCCN(CC)C2)c1N. The zero-order valence-electron chi connectivity index (χ0n) is 12.4. The van der Waals surface area contributed by atoms with E-state index in [1.165, 1.54) is 0 Å². The summed E-state index contributed by atoms with van der Waals surface area (Å²) >= 11 is 0. The Hall–Kier alpha value is -1.56. The first-order valence-electron chi connectivity index (χ1n) is 7.51. The van der Waals surface area contributed by atoms with Gasteiger partial charge in [0.15, 0.2) is 5.69 Å². The molecule has 20 heavy (non-hydrogen) atoms. The van der Waals surface area contributed by atoms with E-state index in [2.05, 4.69) is 34.3 Å². The number of H-pyrrole nitrogens is 1. The first kappa shape index (κ1) is 14.8. The molecule has 0 saturated carbocycles. The van der Waals surface area contributed by atoms with Gasteiger partial charge in [-0.15, -0.1) is 0 Å². The van der Waals surface area contributed by atoms with Gasteiger partial charge in [0.1, 0.15) is 0 Å². The zero-order valence-corrected chi connectivity index (χ0v) is 12.4. The third-order valence-corrected chi connectivity index (χ3v) is 3.89. The topological polar surface area (TPSA) is 87.0 Å². The van der Waals surface area contributed by atoms with Gasteiger partial charge in [0.25, 0.3) is 5.91 Å². The maximum absolute atomic E-state index is 12.3. The molecule has 112 valence electrons. The number of likely N-dealkylation sites (N-methyl/N-ethyl adjacent to an activating group) is 1. The number of nitrogens with two attached hydrogens (primary N) is 1. The quantitative estimate of drug-likeness (QED) is 0.755. The van der Waals surface area contributed by atoms with Gasteiger partial charge in [0.05, 0.1) is 11.4 Å². The van der Waals surface area contributed by atoms with Gasteiger partial charge in [-0.3, -0.25) is 9.89 Å². The number of aromatic amines is 1. The molecule has 0 aliphatic carbocycles. The van der Waals surface area contributed by atoms with Crippen LogP contribution in [-0.4, -0.2) is 46.7 Å². The van der Waals surface area contributed by atoms with Crippen LogP contribution >= 0.6 is 0 Å². The molecule has 1 aliphatic heterocycles. The first-order valence-corrected chi connectivity index (χ1v) is 7.51. The number of rotatable bonds is 5. The van der Waals surface area contributed by atoms with Crippen LogP contribution in [0, 0.1) is 0 Å². The number of carbonyl (C=O) groups is 1. The Morgan fingerprint density at radius 3 is 3.05 bits per heavy atom. The molecule has 1 unspecified atom stereocenters. The minimum absolute atomic E-state index is 0.163. The van der Waals surface area contributed by atoms with Gasteiger partial charge >= 0.3 is 0 Å². The molecule has 2 heterocycles. The van der Waals surface area contributed by atoms with E-state index < -0.39 is 0 Å². The van der Waals surface area contributed by atoms with Crippen LogP contribution in [0.4, 0.5) is 5.69 Å². The molecule has 1 aromatic heterocycles. The van der Waals surface area contributed by atoms with Gasteiger partial charge < -0.3 is 16.0 Å². The molecular weight excluding hydrogens is 254 g/mol. The number of nitrogens with zero attached hydrogens (tertiary/aromatic N) is 2. The predicted octanol–water partition coefficient (Wildman–Crippen LogP) is 1.16. The van der Waals surface area contributed by atoms with E-state index in [1.807, 2.05) is 0 Å². The molecule has 1 aromatic rings. The second kappa shape index (κ2) is 6.74. The van der Waals surface area contributed by atoms with E-state index in [4.69, 9.17) is 5.73 Å². The molecular formula is C14H25N5O. The Morgan fingerprint density at radius 1 is 1.55 bits per heavy atom. The van der Waals surface area contributed by atoms with E-state index in [1.54, 1.807) is 0 Å². The second-order valence-electron chi connectivity index (χ2n) is 5.42. The lowest BCUT2D eigenvalue weighted by molar-refractivity contribution is 0.0901. The van der Waals surface area contributed by atoms with Crippen LogP contribution in [0.5, 0.6) is 0 Å². The number of amides is 1. The van der Waals surface area contributed by atoms with Crippen molar-refractivity contribution in [3.05, 3.63) is 11.4 Å². The number of likely N-dealkylation sites (tertiary alicyclic amines) is 1. The fourth-order valence-corrected chi connectivity index (χ4v) is 2.71. The van der Waals surface area contributed by atoms with Crippen molar-refractivity contribution in [3.63, 3.8) is 0 Å². The smallest absolute Gasteiger partial charge is 0.274 e. The molecule has 0 spiro atoms. The van der Waals surface area contributed by atoms with E-state index >= 15 is 0 Å². The Kier molecular flexibility index (Phi) is 5.00. The Morgan fingerprint density at radius 2 is 2.35 bits per heavy atom. The molecule has 0 aromatic carbocycles. The van der Waals surface area contributed by atoms with E-state index in [-0.39, 0.29) is 11.9 Å². The summed E-state index contributed by atoms with van der Waals surface area (Å²) in [6, 6.07) is 0.196. The summed E-state index contributed by atoms with van der Waals surface area (Å²) < 4.78 is 0. The number of aryl methyl sites for hydroxylation is 1. The first-order chi connectivity index (χ1) is 9.65. The van der Waals surface area contributed by atoms with Crippen molar-refractivity contribution in [1.82, 2.24) is 20.4 Å². The van der Waals surface area contributed by atoms with Crippen molar-refractivity contribution in [2.45, 2.75) is 45.6 Å². The summed E-state index contributed by atoms with van der Waals surface area (Å²) in [5.41, 5.74) is 7.67. The summed E-state index contributed by atoms with van der Waals surface area (Å²) in [6.07, 6.45) is 3.94. The summed E-state index contributed by atoms with van der Waals surface area (Å²) in [5.74, 6) is -0.163. The van der Waals surface area contributed by atoms with Crippen molar-refractivity contribution in [3.8, 4) is 0 Å². The van der Waals surface area contributed by atoms with Crippen molar-refractivity contribution in [1.29, 1.82) is 0 Å². The lowest BCUT2D eigenvalue weighted by Crippen LogP contribution is -2.47. The van der Waals surface area contributed by atoms with Crippen molar-refractivity contribution < 1.29 is 4.79 Å². The van der Waals surface area contributed by atoms with Crippen LogP contribution in [0.3, 0.4) is 0 Å². The number of carbonyl (C=O) groups excluding carboxylic acids is 1. The van der Waals surface area contributed by atoms with Crippen LogP contribution < -0.4 is 11.1 Å². The normalized spacial score (nSPS) is 20.0. The Labute approximate surface area is 120 Å². The highest BCUT2D eigenvalue weighted by Gasteiger charge is 2.23. The molecule has 6 nitrogen and oxygen atoms in total. The second-order valence-corrected chi connectivity index (χ2v) is 5.42. The summed E-state index contributed by atoms with van der Waals surface area (Å²) in [6.45, 7) is 7.27. The molecule has 1 aliphatic rings. The summed E-state index contributed by atoms with van der Waals surface area (Å²) in [5, 5.41) is 9.98. The van der Waals surface area contributed by atoms with Gasteiger partial charge in [-0.1, -0.05) is 20.3 Å². The summed E-state index contributed by atoms with van der Waals surface area (Å²) in [7, 11) is 0. The highest BCUT2D eigenvalue weighted by Crippen LogP contribution is 2.16. The predicted molar refractivity (Wildman–Crippen MR) is 79.6 cm³/mol. The van der Waals surface area contributed by atoms with Crippen LogP contribution in [0.1, 0.15) is 49.3 Å². The molecule has 1 atom stereocenters. The minimum Gasteiger partial charge on any atom is -0.395 e. The van der Waals surface area contributed by atoms with Crippen molar-refractivity contribution in [2.75, 3.05) is 25.4 Å². The molecule has 0 radical (unpaired) electrons. The Balaban J connectivity index is 1.97. The molecule has 0 bridgehead atoms. The maximum Gasteiger partial charge on any atom is 0.274 e. The van der Waals surface area contributed by atoms with Crippen LogP contribution in [-0.2, 0) is 6.42 Å². The van der Waals surface area contributed by atoms with E-state index in [9.17, 15) is 4.79 Å². The average Bonchev–Trinajstić information content (AvgIpc) is 2.81. The highest BCUT2D eigenvalue weighted by atomic mass is 16.2. The number of nitrogens with one attached hydrogen (secondary N) is 2. The number of anilines is 1. The molecule has 2 rings (SSSR count). The van der Waals surface area contributed by atoms with Gasteiger partial charge in [0.2, 0.25) is 0 Å². The highest BCUT2D eigenvalue weighted by molar-refractivity contribution is 5.97. The third kappa shape index (κ3) is 3.30. The number of piperidine rings is 1. The largest absolute Gasteiger partial charge is 0.395 e. The minimum atomic E-state index is -0.163. The van der Waals surface area contributed by atoms with Crippen LogP contribution in [0.25, 0.3) is 0 Å². The number of nitrogen functional groups attached to an aromatic ring is 1. The summed E-state index contributed by atoms with van der Waals surface area (Å²) in [4.78, 5) is 14.6. The molecule has 1 saturated heterocycles. The van der Waals surface area contributed by atoms with E-state index in [0.717, 1.165) is 51.0 Å². The molecule has 1 fully saturated rings. The fourth-order valence-electron chi connectivity index (χ4n) is 2.71. The third-order valence-electron chi connectivity index (χ3n) is 3.89. The standard InChI is InChI=1S/C14H25N5O/c1-3-6-11-12(15)13(18-17-11)14(20)16-10-7-5-8-19(4-2)9-10/h10H,3-9,15H2,1-2H3,(H,16,20)(H,17,18). The fraction of sp³-hybridized carbons (Fsp3) is 0.714. The number of hydrogen-bond acceptors (Lipinski definition) is 4.